The van der Waals surface area contributed by atoms with Crippen molar-refractivity contribution in [2.75, 3.05) is 11.9 Å². The lowest BCUT2D eigenvalue weighted by Gasteiger charge is -2.31. The lowest BCUT2D eigenvalue weighted by molar-refractivity contribution is 0.0527. The van der Waals surface area contributed by atoms with Crippen LogP contribution in [0.25, 0.3) is 10.9 Å². The van der Waals surface area contributed by atoms with Crippen LogP contribution in [-0.4, -0.2) is 23.6 Å². The second-order valence-electron chi connectivity index (χ2n) is 6.54. The molecule has 2 aromatic rings. The van der Waals surface area contributed by atoms with E-state index in [-0.39, 0.29) is 5.97 Å². The Bertz CT molecular complexity index is 795. The predicted molar refractivity (Wildman–Crippen MR) is 103 cm³/mol. The van der Waals surface area contributed by atoms with Gasteiger partial charge in [0.15, 0.2) is 0 Å². The van der Waals surface area contributed by atoms with Gasteiger partial charge in [-0.3, -0.25) is 4.98 Å². The van der Waals surface area contributed by atoms with Crippen LogP contribution in [0.4, 0.5) is 5.69 Å². The van der Waals surface area contributed by atoms with Crippen molar-refractivity contribution in [1.82, 2.24) is 4.98 Å². The molecule has 1 heterocycles. The van der Waals surface area contributed by atoms with Crippen LogP contribution in [0, 0.1) is 5.92 Å². The van der Waals surface area contributed by atoms with Gasteiger partial charge in [-0.25, -0.2) is 4.79 Å². The van der Waals surface area contributed by atoms with E-state index < -0.39 is 0 Å². The number of carbonyl (C=O) groups excluding carboxylic acids is 1. The highest BCUT2D eigenvalue weighted by molar-refractivity contribution is 6.45. The molecule has 0 bridgehead atoms. The van der Waals surface area contributed by atoms with Gasteiger partial charge in [-0.05, 0) is 37.8 Å². The highest BCUT2D eigenvalue weighted by Gasteiger charge is 2.25. The van der Waals surface area contributed by atoms with Gasteiger partial charge >= 0.3 is 5.97 Å². The molecule has 1 saturated carbocycles. The molecule has 134 valence electrons. The number of nitrogens with one attached hydrogen (secondary N) is 1. The molecule has 0 saturated heterocycles. The number of carbonyl (C=O) groups is 1. The van der Waals surface area contributed by atoms with E-state index >= 15 is 0 Å². The summed E-state index contributed by atoms with van der Waals surface area (Å²) in [6.07, 6.45) is 6.23. The Hall–Kier alpha value is -1.52. The number of ether oxygens (including phenoxy) is 1. The van der Waals surface area contributed by atoms with E-state index in [2.05, 4.69) is 17.2 Å². The van der Waals surface area contributed by atoms with Crippen molar-refractivity contribution in [1.29, 1.82) is 0 Å². The van der Waals surface area contributed by atoms with Crippen LogP contribution >= 0.6 is 23.2 Å². The number of fused-ring (bicyclic) bond motifs is 1. The summed E-state index contributed by atoms with van der Waals surface area (Å²) in [6, 6.07) is 3.90. The number of halogens is 2. The molecule has 2 atom stereocenters. The van der Waals surface area contributed by atoms with Crippen LogP contribution in [0.3, 0.4) is 0 Å². The molecule has 1 aliphatic rings. The molecular formula is C19H22Cl2N2O2. The largest absolute Gasteiger partial charge is 0.462 e. The number of pyridine rings is 1. The molecule has 1 fully saturated rings. The summed E-state index contributed by atoms with van der Waals surface area (Å²) in [6.45, 7) is 4.35. The Labute approximate surface area is 157 Å². The summed E-state index contributed by atoms with van der Waals surface area (Å²) in [5, 5.41) is 5.22. The SMILES string of the molecule is CCOC(=O)c1cnc2c(Cl)c(Cl)ccc2c1N[C@H]1CCCC[C@@H]1C. The highest BCUT2D eigenvalue weighted by Crippen LogP contribution is 2.37. The van der Waals surface area contributed by atoms with E-state index in [0.717, 1.165) is 17.5 Å². The van der Waals surface area contributed by atoms with Crippen LogP contribution in [0.1, 0.15) is 49.9 Å². The predicted octanol–water partition coefficient (Wildman–Crippen LogP) is 5.71. The smallest absolute Gasteiger partial charge is 0.341 e. The summed E-state index contributed by atoms with van der Waals surface area (Å²) < 4.78 is 5.21. The summed E-state index contributed by atoms with van der Waals surface area (Å²) in [7, 11) is 0. The third kappa shape index (κ3) is 3.70. The zero-order valence-electron chi connectivity index (χ0n) is 14.4. The number of benzene rings is 1. The van der Waals surface area contributed by atoms with Crippen LogP contribution in [-0.2, 0) is 4.74 Å². The van der Waals surface area contributed by atoms with Crippen molar-refractivity contribution in [3.05, 3.63) is 33.9 Å². The Morgan fingerprint density at radius 1 is 1.32 bits per heavy atom. The molecule has 25 heavy (non-hydrogen) atoms. The second-order valence-corrected chi connectivity index (χ2v) is 7.32. The number of aromatic nitrogens is 1. The summed E-state index contributed by atoms with van der Waals surface area (Å²) in [5.41, 5.74) is 1.76. The molecule has 0 amide bonds. The maximum Gasteiger partial charge on any atom is 0.341 e. The number of rotatable bonds is 4. The van der Waals surface area contributed by atoms with Crippen molar-refractivity contribution >= 4 is 45.8 Å². The second kappa shape index (κ2) is 7.79. The maximum absolute atomic E-state index is 12.4. The molecule has 1 aromatic heterocycles. The highest BCUT2D eigenvalue weighted by atomic mass is 35.5. The fourth-order valence-electron chi connectivity index (χ4n) is 3.44. The Balaban J connectivity index is 2.11. The van der Waals surface area contributed by atoms with Gasteiger partial charge in [-0.2, -0.15) is 0 Å². The van der Waals surface area contributed by atoms with E-state index in [1.165, 1.54) is 25.5 Å². The molecule has 3 rings (SSSR count). The fourth-order valence-corrected chi connectivity index (χ4v) is 3.81. The lowest BCUT2D eigenvalue weighted by atomic mass is 9.85. The quantitative estimate of drug-likeness (QED) is 0.690. The van der Waals surface area contributed by atoms with E-state index in [4.69, 9.17) is 27.9 Å². The van der Waals surface area contributed by atoms with Gasteiger partial charge in [-0.15, -0.1) is 0 Å². The number of esters is 1. The van der Waals surface area contributed by atoms with E-state index in [0.29, 0.717) is 39.7 Å². The van der Waals surface area contributed by atoms with Crippen molar-refractivity contribution < 1.29 is 9.53 Å². The average Bonchev–Trinajstić information content (AvgIpc) is 2.60. The zero-order valence-corrected chi connectivity index (χ0v) is 16.0. The Morgan fingerprint density at radius 3 is 2.80 bits per heavy atom. The van der Waals surface area contributed by atoms with E-state index in [1.807, 2.05) is 6.07 Å². The summed E-state index contributed by atoms with van der Waals surface area (Å²) >= 11 is 12.4. The molecule has 1 aliphatic carbocycles. The first-order chi connectivity index (χ1) is 12.0. The summed E-state index contributed by atoms with van der Waals surface area (Å²) in [5.74, 6) is 0.156. The molecule has 4 nitrogen and oxygen atoms in total. The number of anilines is 1. The third-order valence-electron chi connectivity index (χ3n) is 4.87. The Kier molecular flexibility index (Phi) is 5.70. The van der Waals surface area contributed by atoms with Crippen LogP contribution < -0.4 is 5.32 Å². The van der Waals surface area contributed by atoms with Gasteiger partial charge in [0.1, 0.15) is 5.56 Å². The minimum Gasteiger partial charge on any atom is -0.462 e. The van der Waals surface area contributed by atoms with Crippen LogP contribution in [0.15, 0.2) is 18.3 Å². The Morgan fingerprint density at radius 2 is 2.08 bits per heavy atom. The summed E-state index contributed by atoms with van der Waals surface area (Å²) in [4.78, 5) is 16.8. The standard InChI is InChI=1S/C19H22Cl2N2O2/c1-3-25-19(24)13-10-22-18-12(8-9-14(20)16(18)21)17(13)23-15-7-5-4-6-11(15)2/h8-11,15H,3-7H2,1-2H3,(H,22,23)/t11-,15-/m0/s1. The first kappa shape index (κ1) is 18.3. The van der Waals surface area contributed by atoms with Gasteiger partial charge < -0.3 is 10.1 Å². The first-order valence-corrected chi connectivity index (χ1v) is 9.48. The molecule has 6 heteroatoms. The number of nitrogens with zero attached hydrogens (tertiary/aromatic N) is 1. The van der Waals surface area contributed by atoms with Crippen LogP contribution in [0.2, 0.25) is 10.0 Å². The van der Waals surface area contributed by atoms with Gasteiger partial charge in [0.05, 0.1) is 27.9 Å². The lowest BCUT2D eigenvalue weighted by Crippen LogP contribution is -2.31. The average molecular weight is 381 g/mol. The van der Waals surface area contributed by atoms with Gasteiger partial charge in [0.2, 0.25) is 0 Å². The topological polar surface area (TPSA) is 51.2 Å². The van der Waals surface area contributed by atoms with Crippen molar-refractivity contribution in [3.8, 4) is 0 Å². The van der Waals surface area contributed by atoms with Crippen LogP contribution in [0.5, 0.6) is 0 Å². The number of hydrogen-bond acceptors (Lipinski definition) is 4. The minimum atomic E-state index is -0.381. The van der Waals surface area contributed by atoms with Crippen molar-refractivity contribution in [2.24, 2.45) is 5.92 Å². The van der Waals surface area contributed by atoms with Gasteiger partial charge in [0, 0.05) is 17.6 Å². The molecular weight excluding hydrogens is 359 g/mol. The molecule has 0 spiro atoms. The van der Waals surface area contributed by atoms with Gasteiger partial charge in [0.25, 0.3) is 0 Å². The van der Waals surface area contributed by atoms with E-state index in [9.17, 15) is 4.79 Å². The monoisotopic (exact) mass is 380 g/mol. The minimum absolute atomic E-state index is 0.307. The van der Waals surface area contributed by atoms with Crippen molar-refractivity contribution in [3.63, 3.8) is 0 Å². The van der Waals surface area contributed by atoms with E-state index in [1.54, 1.807) is 13.0 Å². The maximum atomic E-state index is 12.4. The zero-order chi connectivity index (χ0) is 18.0. The number of hydrogen-bond donors (Lipinski definition) is 1. The third-order valence-corrected chi connectivity index (χ3v) is 5.66. The van der Waals surface area contributed by atoms with Crippen molar-refractivity contribution in [2.45, 2.75) is 45.6 Å². The first-order valence-electron chi connectivity index (χ1n) is 8.73. The molecule has 0 aliphatic heterocycles. The molecule has 1 aromatic carbocycles. The normalized spacial score (nSPS) is 20.5. The fraction of sp³-hybridized carbons (Fsp3) is 0.474. The van der Waals surface area contributed by atoms with Gasteiger partial charge in [-0.1, -0.05) is 43.0 Å². The molecule has 1 N–H and O–H groups in total. The molecule has 0 radical (unpaired) electrons. The molecule has 0 unspecified atom stereocenters.